The Morgan fingerprint density at radius 3 is 2.63 bits per heavy atom. The molecule has 0 unspecified atom stereocenters. The monoisotopic (exact) mass is 460 g/mol. The fraction of sp³-hybridized carbons (Fsp3) is 0.318. The Labute approximate surface area is 190 Å². The van der Waals surface area contributed by atoms with Gasteiger partial charge in [0, 0.05) is 36.2 Å². The molecule has 0 aliphatic heterocycles. The van der Waals surface area contributed by atoms with Crippen LogP contribution in [0, 0.1) is 6.92 Å². The number of aryl methyl sites for hydroxylation is 1. The van der Waals surface area contributed by atoms with Crippen molar-refractivity contribution in [2.24, 2.45) is 4.99 Å². The molecule has 0 N–H and O–H groups in total. The molecule has 1 aliphatic carbocycles. The lowest BCUT2D eigenvalue weighted by atomic mass is 9.95. The van der Waals surface area contributed by atoms with E-state index in [1.165, 1.54) is 17.1 Å². The zero-order chi connectivity index (χ0) is 21.3. The fourth-order valence-electron chi connectivity index (χ4n) is 3.17. The Balaban J connectivity index is 1.53. The van der Waals surface area contributed by atoms with Crippen LogP contribution in [0.1, 0.15) is 36.7 Å². The molecule has 3 aromatic rings. The first-order valence-electron chi connectivity index (χ1n) is 9.74. The van der Waals surface area contributed by atoms with Crippen molar-refractivity contribution in [1.82, 2.24) is 14.3 Å². The minimum Gasteiger partial charge on any atom is -0.430 e. The second-order valence-corrected chi connectivity index (χ2v) is 9.02. The normalized spacial score (nSPS) is 14.8. The predicted octanol–water partition coefficient (Wildman–Crippen LogP) is 6.64. The molecule has 1 saturated carbocycles. The highest BCUT2D eigenvalue weighted by Gasteiger charge is 2.49. The first-order valence-corrected chi connectivity index (χ1v) is 11.3. The third-order valence-corrected chi connectivity index (χ3v) is 6.47. The summed E-state index contributed by atoms with van der Waals surface area (Å²) in [6.07, 6.45) is 3.81. The Morgan fingerprint density at radius 1 is 1.23 bits per heavy atom. The summed E-state index contributed by atoms with van der Waals surface area (Å²) in [5.74, 6) is 1.46. The van der Waals surface area contributed by atoms with E-state index < -0.39 is 0 Å². The molecule has 1 aromatic heterocycles. The van der Waals surface area contributed by atoms with Crippen molar-refractivity contribution in [1.29, 1.82) is 0 Å². The third kappa shape index (κ3) is 4.31. The summed E-state index contributed by atoms with van der Waals surface area (Å²) in [6, 6.07) is 11.6. The van der Waals surface area contributed by atoms with Gasteiger partial charge in [0.15, 0.2) is 5.82 Å². The highest BCUT2D eigenvalue weighted by atomic mass is 35.5. The summed E-state index contributed by atoms with van der Waals surface area (Å²) in [4.78, 5) is 11.1. The predicted molar refractivity (Wildman–Crippen MR) is 124 cm³/mol. The van der Waals surface area contributed by atoms with E-state index in [0.29, 0.717) is 21.7 Å². The number of rotatable bonds is 7. The van der Waals surface area contributed by atoms with Crippen LogP contribution >= 0.6 is 34.7 Å². The number of hydrogen-bond donors (Lipinski definition) is 0. The van der Waals surface area contributed by atoms with Gasteiger partial charge in [-0.3, -0.25) is 0 Å². The van der Waals surface area contributed by atoms with Gasteiger partial charge in [-0.1, -0.05) is 35.3 Å². The topological polar surface area (TPSA) is 50.6 Å². The first-order chi connectivity index (χ1) is 14.4. The first kappa shape index (κ1) is 21.1. The lowest BCUT2D eigenvalue weighted by Gasteiger charge is -2.12. The van der Waals surface area contributed by atoms with Crippen LogP contribution in [-0.4, -0.2) is 34.2 Å². The summed E-state index contributed by atoms with van der Waals surface area (Å²) < 4.78 is 10.6. The van der Waals surface area contributed by atoms with E-state index in [0.717, 1.165) is 35.8 Å². The summed E-state index contributed by atoms with van der Waals surface area (Å²) >= 11 is 13.7. The van der Waals surface area contributed by atoms with Crippen LogP contribution in [0.25, 0.3) is 0 Å². The zero-order valence-corrected chi connectivity index (χ0v) is 19.4. The average Bonchev–Trinajstić information content (AvgIpc) is 3.41. The van der Waals surface area contributed by atoms with Crippen LogP contribution in [0.4, 0.5) is 5.69 Å². The van der Waals surface area contributed by atoms with Crippen LogP contribution < -0.4 is 4.74 Å². The number of nitrogens with zero attached hydrogens (tertiary/aromatic N) is 4. The van der Waals surface area contributed by atoms with Crippen molar-refractivity contribution >= 4 is 46.8 Å². The van der Waals surface area contributed by atoms with Gasteiger partial charge in [0.25, 0.3) is 5.19 Å². The van der Waals surface area contributed by atoms with Crippen molar-refractivity contribution < 1.29 is 4.74 Å². The van der Waals surface area contributed by atoms with Gasteiger partial charge in [0.05, 0.1) is 22.5 Å². The quantitative estimate of drug-likeness (QED) is 0.293. The molecule has 0 atom stereocenters. The van der Waals surface area contributed by atoms with Gasteiger partial charge in [-0.05, 0) is 56.0 Å². The van der Waals surface area contributed by atoms with E-state index >= 15 is 0 Å². The van der Waals surface area contributed by atoms with Crippen LogP contribution in [0.3, 0.4) is 0 Å². The minimum atomic E-state index is -0.126. The molecule has 0 bridgehead atoms. The Kier molecular flexibility index (Phi) is 6.00. The standard InChI is InChI=1S/C22H22Cl2N4OS/c1-4-28(3)13-25-18-11-14(2)19(12-17(18)24)29-21-26-20(27-30-21)22(9-10-22)15-5-7-16(23)8-6-15/h5-8,11-13H,4,9-10H2,1-3H3. The van der Waals surface area contributed by atoms with Gasteiger partial charge in [-0.2, -0.15) is 9.36 Å². The zero-order valence-electron chi connectivity index (χ0n) is 17.0. The maximum absolute atomic E-state index is 6.42. The Morgan fingerprint density at radius 2 is 1.97 bits per heavy atom. The largest absolute Gasteiger partial charge is 0.430 e. The summed E-state index contributed by atoms with van der Waals surface area (Å²) in [5, 5.41) is 1.76. The van der Waals surface area contributed by atoms with Crippen molar-refractivity contribution in [3.8, 4) is 10.9 Å². The van der Waals surface area contributed by atoms with Crippen LogP contribution in [0.15, 0.2) is 41.4 Å². The highest BCUT2D eigenvalue weighted by Crippen LogP contribution is 2.53. The molecule has 1 fully saturated rings. The molecule has 30 heavy (non-hydrogen) atoms. The second-order valence-electron chi connectivity index (χ2n) is 7.46. The molecular formula is C22H22Cl2N4OS. The molecule has 1 heterocycles. The molecular weight excluding hydrogens is 439 g/mol. The molecule has 1 aliphatic rings. The summed E-state index contributed by atoms with van der Waals surface area (Å²) in [7, 11) is 1.96. The second kappa shape index (κ2) is 8.53. The van der Waals surface area contributed by atoms with Gasteiger partial charge in [-0.25, -0.2) is 4.99 Å². The molecule has 2 aromatic carbocycles. The number of aromatic nitrogens is 2. The SMILES string of the molecule is CCN(C)C=Nc1cc(C)c(Oc2nc(C3(c4ccc(Cl)cc4)CC3)ns2)cc1Cl. The number of benzene rings is 2. The molecule has 0 spiro atoms. The van der Waals surface area contributed by atoms with Crippen LogP contribution in [0.2, 0.25) is 10.0 Å². The highest BCUT2D eigenvalue weighted by molar-refractivity contribution is 7.07. The van der Waals surface area contributed by atoms with Gasteiger partial charge >= 0.3 is 0 Å². The number of ether oxygens (including phenoxy) is 1. The number of aliphatic imine (C=N–C) groups is 1. The van der Waals surface area contributed by atoms with Crippen molar-refractivity contribution in [3.63, 3.8) is 0 Å². The molecule has 0 saturated heterocycles. The maximum Gasteiger partial charge on any atom is 0.298 e. The fourth-order valence-corrected chi connectivity index (χ4v) is 4.14. The number of hydrogen-bond acceptors (Lipinski definition) is 5. The van der Waals surface area contributed by atoms with Gasteiger partial charge < -0.3 is 9.64 Å². The molecule has 5 nitrogen and oxygen atoms in total. The summed E-state index contributed by atoms with van der Waals surface area (Å²) in [6.45, 7) is 4.90. The van der Waals surface area contributed by atoms with Gasteiger partial charge in [0.2, 0.25) is 0 Å². The molecule has 0 radical (unpaired) electrons. The van der Waals surface area contributed by atoms with E-state index in [4.69, 9.17) is 27.9 Å². The Hall–Kier alpha value is -2.15. The minimum absolute atomic E-state index is 0.126. The third-order valence-electron chi connectivity index (χ3n) is 5.32. The van der Waals surface area contributed by atoms with Crippen LogP contribution in [-0.2, 0) is 5.41 Å². The smallest absolute Gasteiger partial charge is 0.298 e. The maximum atomic E-state index is 6.42. The van der Waals surface area contributed by atoms with Crippen LogP contribution in [0.5, 0.6) is 10.9 Å². The lowest BCUT2D eigenvalue weighted by Crippen LogP contribution is -2.14. The van der Waals surface area contributed by atoms with E-state index in [1.807, 2.05) is 37.1 Å². The summed E-state index contributed by atoms with van der Waals surface area (Å²) in [5.41, 5.74) is 2.70. The van der Waals surface area contributed by atoms with Gasteiger partial charge in [0.1, 0.15) is 5.75 Å². The molecule has 156 valence electrons. The van der Waals surface area contributed by atoms with E-state index in [1.54, 1.807) is 12.4 Å². The molecule has 4 rings (SSSR count). The van der Waals surface area contributed by atoms with Gasteiger partial charge in [-0.15, -0.1) is 0 Å². The molecule has 8 heteroatoms. The van der Waals surface area contributed by atoms with E-state index in [2.05, 4.69) is 33.4 Å². The average molecular weight is 461 g/mol. The Bertz CT molecular complexity index is 1080. The van der Waals surface area contributed by atoms with E-state index in [-0.39, 0.29) is 5.41 Å². The number of halogens is 2. The molecule has 0 amide bonds. The van der Waals surface area contributed by atoms with Crippen molar-refractivity contribution in [2.75, 3.05) is 13.6 Å². The van der Waals surface area contributed by atoms with Crippen molar-refractivity contribution in [2.45, 2.75) is 32.1 Å². The van der Waals surface area contributed by atoms with E-state index in [9.17, 15) is 0 Å². The van der Waals surface area contributed by atoms with Crippen molar-refractivity contribution in [3.05, 3.63) is 63.4 Å². The lowest BCUT2D eigenvalue weighted by molar-refractivity contribution is 0.472.